The molecule has 0 aliphatic rings. The van der Waals surface area contributed by atoms with Crippen molar-refractivity contribution in [3.8, 4) is 11.5 Å². The SMILES string of the molecule is CCN(C)C(=O)Cn1c(=S)[nH]c2cc(OC)c(OC)cc21. The molecule has 0 unspecified atom stereocenters. The maximum Gasteiger partial charge on any atom is 0.242 e. The van der Waals surface area contributed by atoms with Crippen molar-refractivity contribution in [2.45, 2.75) is 13.5 Å². The van der Waals surface area contributed by atoms with Gasteiger partial charge in [-0.15, -0.1) is 0 Å². The average Bonchev–Trinajstić information content (AvgIpc) is 2.79. The van der Waals surface area contributed by atoms with Crippen LogP contribution < -0.4 is 9.47 Å². The summed E-state index contributed by atoms with van der Waals surface area (Å²) in [7, 11) is 4.92. The first-order chi connectivity index (χ1) is 10.0. The van der Waals surface area contributed by atoms with Crippen molar-refractivity contribution in [1.29, 1.82) is 0 Å². The minimum absolute atomic E-state index is 0.00397. The number of hydrogen-bond acceptors (Lipinski definition) is 4. The fourth-order valence-electron chi connectivity index (χ4n) is 2.07. The van der Waals surface area contributed by atoms with E-state index in [1.165, 1.54) is 0 Å². The molecule has 114 valence electrons. The Hall–Kier alpha value is -2.02. The van der Waals surface area contributed by atoms with Gasteiger partial charge < -0.3 is 23.9 Å². The number of hydrogen-bond donors (Lipinski definition) is 1. The van der Waals surface area contributed by atoms with E-state index in [0.29, 0.717) is 22.8 Å². The molecule has 1 aromatic heterocycles. The largest absolute Gasteiger partial charge is 0.493 e. The van der Waals surface area contributed by atoms with Gasteiger partial charge in [0.2, 0.25) is 5.91 Å². The third-order valence-corrected chi connectivity index (χ3v) is 3.80. The lowest BCUT2D eigenvalue weighted by Gasteiger charge is -2.15. The molecule has 0 saturated heterocycles. The summed E-state index contributed by atoms with van der Waals surface area (Å²) >= 11 is 5.31. The summed E-state index contributed by atoms with van der Waals surface area (Å²) < 4.78 is 12.8. The van der Waals surface area contributed by atoms with E-state index in [9.17, 15) is 4.79 Å². The van der Waals surface area contributed by atoms with Crippen LogP contribution in [0.15, 0.2) is 12.1 Å². The van der Waals surface area contributed by atoms with Crippen LogP contribution in [0.5, 0.6) is 11.5 Å². The number of carbonyl (C=O) groups is 1. The number of fused-ring (bicyclic) bond motifs is 1. The minimum Gasteiger partial charge on any atom is -0.493 e. The van der Waals surface area contributed by atoms with E-state index in [1.807, 2.05) is 19.1 Å². The van der Waals surface area contributed by atoms with E-state index in [1.54, 1.807) is 30.7 Å². The number of carbonyl (C=O) groups excluding carboxylic acids is 1. The molecule has 0 saturated carbocycles. The Labute approximate surface area is 128 Å². The summed E-state index contributed by atoms with van der Waals surface area (Å²) in [5.74, 6) is 1.22. The van der Waals surface area contributed by atoms with Gasteiger partial charge >= 0.3 is 0 Å². The number of aromatic nitrogens is 2. The second-order valence-corrected chi connectivity index (χ2v) is 5.04. The second kappa shape index (κ2) is 6.17. The van der Waals surface area contributed by atoms with Crippen molar-refractivity contribution in [3.63, 3.8) is 0 Å². The monoisotopic (exact) mass is 309 g/mol. The molecule has 0 fully saturated rings. The standard InChI is InChI=1S/C14H19N3O3S/c1-5-16(2)13(18)8-17-10-7-12(20-4)11(19-3)6-9(10)15-14(17)21/h6-7H,5,8H2,1-4H3,(H,15,21). The lowest BCUT2D eigenvalue weighted by molar-refractivity contribution is -0.130. The van der Waals surface area contributed by atoms with Crippen LogP contribution in [0.2, 0.25) is 0 Å². The van der Waals surface area contributed by atoms with E-state index in [2.05, 4.69) is 4.98 Å². The number of nitrogens with one attached hydrogen (secondary N) is 1. The molecule has 0 atom stereocenters. The van der Waals surface area contributed by atoms with Gasteiger partial charge in [0, 0.05) is 25.7 Å². The minimum atomic E-state index is 0.00397. The molecular weight excluding hydrogens is 290 g/mol. The predicted molar refractivity (Wildman–Crippen MR) is 83.5 cm³/mol. The van der Waals surface area contributed by atoms with Gasteiger partial charge in [-0.3, -0.25) is 4.79 Å². The van der Waals surface area contributed by atoms with Gasteiger partial charge in [0.05, 0.1) is 25.3 Å². The van der Waals surface area contributed by atoms with Gasteiger partial charge in [0.1, 0.15) is 6.54 Å². The summed E-state index contributed by atoms with van der Waals surface area (Å²) in [5, 5.41) is 0. The molecule has 0 radical (unpaired) electrons. The van der Waals surface area contributed by atoms with E-state index < -0.39 is 0 Å². The highest BCUT2D eigenvalue weighted by molar-refractivity contribution is 7.71. The molecule has 0 spiro atoms. The number of amides is 1. The third-order valence-electron chi connectivity index (χ3n) is 3.47. The molecule has 0 aliphatic carbocycles. The van der Waals surface area contributed by atoms with Crippen LogP contribution in [0.4, 0.5) is 0 Å². The van der Waals surface area contributed by atoms with Gasteiger partial charge in [0.25, 0.3) is 0 Å². The average molecular weight is 309 g/mol. The maximum atomic E-state index is 12.1. The molecule has 21 heavy (non-hydrogen) atoms. The molecule has 7 heteroatoms. The van der Waals surface area contributed by atoms with Crippen molar-refractivity contribution in [2.24, 2.45) is 0 Å². The van der Waals surface area contributed by atoms with E-state index in [0.717, 1.165) is 11.0 Å². The van der Waals surface area contributed by atoms with Crippen LogP contribution in [0, 0.1) is 4.77 Å². The lowest BCUT2D eigenvalue weighted by Crippen LogP contribution is -2.29. The highest BCUT2D eigenvalue weighted by Gasteiger charge is 2.14. The number of benzene rings is 1. The molecular formula is C14H19N3O3S. The Bertz CT molecular complexity index is 720. The first kappa shape index (κ1) is 15.4. The quantitative estimate of drug-likeness (QED) is 0.860. The van der Waals surface area contributed by atoms with E-state index in [4.69, 9.17) is 21.7 Å². The smallest absolute Gasteiger partial charge is 0.242 e. The Kier molecular flexibility index (Phi) is 4.52. The summed E-state index contributed by atoms with van der Waals surface area (Å²) in [4.78, 5) is 16.8. The van der Waals surface area contributed by atoms with Gasteiger partial charge in [-0.25, -0.2) is 0 Å². The number of methoxy groups -OCH3 is 2. The fourth-order valence-corrected chi connectivity index (χ4v) is 2.35. The van der Waals surface area contributed by atoms with Gasteiger partial charge in [0.15, 0.2) is 16.3 Å². The van der Waals surface area contributed by atoms with Gasteiger partial charge in [-0.1, -0.05) is 0 Å². The highest BCUT2D eigenvalue weighted by Crippen LogP contribution is 2.31. The molecule has 2 rings (SSSR count). The van der Waals surface area contributed by atoms with Gasteiger partial charge in [-0.05, 0) is 19.1 Å². The fraction of sp³-hybridized carbons (Fsp3) is 0.429. The number of H-pyrrole nitrogens is 1. The number of ether oxygens (including phenoxy) is 2. The zero-order valence-corrected chi connectivity index (χ0v) is 13.4. The normalized spacial score (nSPS) is 10.7. The summed E-state index contributed by atoms with van der Waals surface area (Å²) in [6, 6.07) is 3.63. The van der Waals surface area contributed by atoms with Gasteiger partial charge in [-0.2, -0.15) is 0 Å². The van der Waals surface area contributed by atoms with Crippen LogP contribution in [-0.4, -0.2) is 48.2 Å². The number of likely N-dealkylation sites (N-methyl/N-ethyl adjacent to an activating group) is 1. The number of imidazole rings is 1. The van der Waals surface area contributed by atoms with Crippen LogP contribution in [0.25, 0.3) is 11.0 Å². The van der Waals surface area contributed by atoms with Crippen LogP contribution in [0.3, 0.4) is 0 Å². The Morgan fingerprint density at radius 3 is 2.52 bits per heavy atom. The number of nitrogens with zero attached hydrogens (tertiary/aromatic N) is 2. The molecule has 0 bridgehead atoms. The molecule has 1 aromatic carbocycles. The molecule has 1 N–H and O–H groups in total. The molecule has 1 amide bonds. The Morgan fingerprint density at radius 2 is 1.95 bits per heavy atom. The first-order valence-corrected chi connectivity index (χ1v) is 7.01. The van der Waals surface area contributed by atoms with Crippen molar-refractivity contribution in [2.75, 3.05) is 27.8 Å². The molecule has 6 nitrogen and oxygen atoms in total. The van der Waals surface area contributed by atoms with Crippen molar-refractivity contribution >= 4 is 29.2 Å². The third kappa shape index (κ3) is 2.87. The van der Waals surface area contributed by atoms with E-state index in [-0.39, 0.29) is 12.5 Å². The summed E-state index contributed by atoms with van der Waals surface area (Å²) in [6.07, 6.45) is 0. The predicted octanol–water partition coefficient (Wildman–Crippen LogP) is 2.19. The van der Waals surface area contributed by atoms with Crippen LogP contribution >= 0.6 is 12.2 Å². The summed E-state index contributed by atoms with van der Waals surface area (Å²) in [5.41, 5.74) is 1.63. The number of rotatable bonds is 5. The zero-order valence-electron chi connectivity index (χ0n) is 12.6. The second-order valence-electron chi connectivity index (χ2n) is 4.65. The molecule has 1 heterocycles. The Balaban J connectivity index is 2.51. The molecule has 2 aromatic rings. The zero-order chi connectivity index (χ0) is 15.6. The Morgan fingerprint density at radius 1 is 1.33 bits per heavy atom. The van der Waals surface area contributed by atoms with Crippen LogP contribution in [-0.2, 0) is 11.3 Å². The highest BCUT2D eigenvalue weighted by atomic mass is 32.1. The van der Waals surface area contributed by atoms with E-state index >= 15 is 0 Å². The van der Waals surface area contributed by atoms with Crippen molar-refractivity contribution in [3.05, 3.63) is 16.9 Å². The summed E-state index contributed by atoms with van der Waals surface area (Å²) in [6.45, 7) is 2.78. The topological polar surface area (TPSA) is 59.5 Å². The molecule has 0 aliphatic heterocycles. The lowest BCUT2D eigenvalue weighted by atomic mass is 10.2. The maximum absolute atomic E-state index is 12.1. The first-order valence-electron chi connectivity index (χ1n) is 6.60. The van der Waals surface area contributed by atoms with Crippen LogP contribution in [0.1, 0.15) is 6.92 Å². The number of aromatic amines is 1. The van der Waals surface area contributed by atoms with Crippen molar-refractivity contribution in [1.82, 2.24) is 14.5 Å². The van der Waals surface area contributed by atoms with Crippen molar-refractivity contribution < 1.29 is 14.3 Å².